The summed E-state index contributed by atoms with van der Waals surface area (Å²) < 4.78 is 15.8. The molecule has 1 aromatic heterocycles. The molecule has 3 aromatic rings. The van der Waals surface area contributed by atoms with Crippen molar-refractivity contribution in [2.45, 2.75) is 20.8 Å². The molecule has 0 spiro atoms. The Hall–Kier alpha value is -3.35. The van der Waals surface area contributed by atoms with Gasteiger partial charge in [-0.15, -0.1) is 0 Å². The highest BCUT2D eigenvalue weighted by molar-refractivity contribution is 5.94. The maximum atomic E-state index is 12.2. The molecule has 0 radical (unpaired) electrons. The van der Waals surface area contributed by atoms with Crippen LogP contribution in [-0.2, 0) is 4.79 Å². The first kappa shape index (κ1) is 18.4. The third-order valence-corrected chi connectivity index (χ3v) is 4.10. The third kappa shape index (κ3) is 4.44. The number of aryl methyl sites for hydroxylation is 1. The number of aromatic nitrogens is 2. The Bertz CT molecular complexity index is 919. The predicted molar refractivity (Wildman–Crippen MR) is 101 cm³/mol. The van der Waals surface area contributed by atoms with Crippen LogP contribution in [0.5, 0.6) is 11.5 Å². The number of nitrogens with one attached hydrogen (secondary N) is 1. The van der Waals surface area contributed by atoms with Crippen LogP contribution in [0.2, 0.25) is 0 Å². The number of carbonyl (C=O) groups is 1. The summed E-state index contributed by atoms with van der Waals surface area (Å²) in [6, 6.07) is 13.0. The summed E-state index contributed by atoms with van der Waals surface area (Å²) in [5.41, 5.74) is 3.30. The highest BCUT2D eigenvalue weighted by atomic mass is 16.6. The molecule has 7 heteroatoms. The molecule has 140 valence electrons. The van der Waals surface area contributed by atoms with Crippen LogP contribution in [0.1, 0.15) is 18.1 Å². The zero-order valence-electron chi connectivity index (χ0n) is 15.5. The number of carbonyl (C=O) groups excluding carboxylic acids is 1. The SMILES string of the molecule is CCOc1ccc(-c2nonc2NC(=O)COc2cccc(C)c2C)cc1. The van der Waals surface area contributed by atoms with Crippen LogP contribution in [0, 0.1) is 13.8 Å². The summed E-state index contributed by atoms with van der Waals surface area (Å²) in [7, 11) is 0. The number of ether oxygens (including phenoxy) is 2. The van der Waals surface area contributed by atoms with E-state index < -0.39 is 0 Å². The first-order chi connectivity index (χ1) is 13.1. The van der Waals surface area contributed by atoms with E-state index in [0.29, 0.717) is 18.1 Å². The molecular weight excluding hydrogens is 346 g/mol. The maximum absolute atomic E-state index is 12.2. The standard InChI is InChI=1S/C20H21N3O4/c1-4-25-16-10-8-15(9-11-16)19-20(23-27-22-19)21-18(24)12-26-17-7-5-6-13(2)14(17)3/h5-11H,4,12H2,1-3H3,(H,21,23,24). The molecule has 1 heterocycles. The summed E-state index contributed by atoms with van der Waals surface area (Å²) in [5.74, 6) is 1.33. The van der Waals surface area contributed by atoms with Gasteiger partial charge in [-0.05, 0) is 72.5 Å². The van der Waals surface area contributed by atoms with E-state index in [1.54, 1.807) is 0 Å². The lowest BCUT2D eigenvalue weighted by Gasteiger charge is -2.10. The fourth-order valence-corrected chi connectivity index (χ4v) is 2.53. The second-order valence-corrected chi connectivity index (χ2v) is 5.95. The van der Waals surface area contributed by atoms with Crippen LogP contribution in [-0.4, -0.2) is 29.4 Å². The Balaban J connectivity index is 1.65. The van der Waals surface area contributed by atoms with Crippen LogP contribution in [0.25, 0.3) is 11.3 Å². The van der Waals surface area contributed by atoms with Gasteiger partial charge < -0.3 is 14.8 Å². The van der Waals surface area contributed by atoms with E-state index in [9.17, 15) is 4.79 Å². The van der Waals surface area contributed by atoms with E-state index in [0.717, 1.165) is 22.4 Å². The van der Waals surface area contributed by atoms with Crippen LogP contribution in [0.3, 0.4) is 0 Å². The van der Waals surface area contributed by atoms with Gasteiger partial charge in [-0.1, -0.05) is 12.1 Å². The minimum absolute atomic E-state index is 0.139. The van der Waals surface area contributed by atoms with Crippen molar-refractivity contribution < 1.29 is 18.9 Å². The normalized spacial score (nSPS) is 10.5. The van der Waals surface area contributed by atoms with E-state index in [4.69, 9.17) is 14.1 Å². The number of hydrogen-bond acceptors (Lipinski definition) is 6. The second kappa shape index (κ2) is 8.35. The van der Waals surface area contributed by atoms with Crippen molar-refractivity contribution in [2.24, 2.45) is 0 Å². The van der Waals surface area contributed by atoms with Gasteiger partial charge in [-0.25, -0.2) is 4.63 Å². The topological polar surface area (TPSA) is 86.5 Å². The third-order valence-electron chi connectivity index (χ3n) is 4.10. The molecule has 0 bridgehead atoms. The van der Waals surface area contributed by atoms with Gasteiger partial charge >= 0.3 is 0 Å². The van der Waals surface area contributed by atoms with Crippen LogP contribution >= 0.6 is 0 Å². The number of nitrogens with zero attached hydrogens (tertiary/aromatic N) is 2. The molecule has 0 aliphatic heterocycles. The molecule has 0 unspecified atom stereocenters. The van der Waals surface area contributed by atoms with Gasteiger partial charge in [0, 0.05) is 5.56 Å². The average Bonchev–Trinajstić information content (AvgIpc) is 3.12. The Kier molecular flexibility index (Phi) is 5.71. The monoisotopic (exact) mass is 367 g/mol. The lowest BCUT2D eigenvalue weighted by molar-refractivity contribution is -0.118. The van der Waals surface area contributed by atoms with E-state index in [2.05, 4.69) is 15.6 Å². The number of amides is 1. The van der Waals surface area contributed by atoms with Gasteiger partial charge in [-0.2, -0.15) is 0 Å². The van der Waals surface area contributed by atoms with Gasteiger partial charge in [0.05, 0.1) is 6.61 Å². The molecule has 2 aromatic carbocycles. The minimum atomic E-state index is -0.348. The van der Waals surface area contributed by atoms with E-state index >= 15 is 0 Å². The number of rotatable bonds is 7. The van der Waals surface area contributed by atoms with Gasteiger partial charge in [0.1, 0.15) is 11.5 Å². The van der Waals surface area contributed by atoms with Crippen molar-refractivity contribution in [3.8, 4) is 22.8 Å². The van der Waals surface area contributed by atoms with E-state index in [-0.39, 0.29) is 18.3 Å². The summed E-state index contributed by atoms with van der Waals surface area (Å²) in [6.07, 6.45) is 0. The smallest absolute Gasteiger partial charge is 0.263 e. The molecule has 0 aliphatic carbocycles. The first-order valence-corrected chi connectivity index (χ1v) is 8.63. The summed E-state index contributed by atoms with van der Waals surface area (Å²) in [4.78, 5) is 12.2. The van der Waals surface area contributed by atoms with Crippen molar-refractivity contribution in [3.63, 3.8) is 0 Å². The quantitative estimate of drug-likeness (QED) is 0.684. The number of benzene rings is 2. The largest absolute Gasteiger partial charge is 0.494 e. The highest BCUT2D eigenvalue weighted by Crippen LogP contribution is 2.26. The van der Waals surface area contributed by atoms with Gasteiger partial charge in [0.2, 0.25) is 5.82 Å². The fraction of sp³-hybridized carbons (Fsp3) is 0.250. The lowest BCUT2D eigenvalue weighted by atomic mass is 10.1. The number of hydrogen-bond donors (Lipinski definition) is 1. The van der Waals surface area contributed by atoms with Gasteiger partial charge in [-0.3, -0.25) is 4.79 Å². The maximum Gasteiger partial charge on any atom is 0.263 e. The Labute approximate surface area is 157 Å². The Morgan fingerprint density at radius 1 is 1.07 bits per heavy atom. The molecule has 0 saturated heterocycles. The van der Waals surface area contributed by atoms with Crippen LogP contribution in [0.15, 0.2) is 47.1 Å². The van der Waals surface area contributed by atoms with Crippen molar-refractivity contribution in [3.05, 3.63) is 53.6 Å². The summed E-state index contributed by atoms with van der Waals surface area (Å²) in [6.45, 7) is 6.32. The number of anilines is 1. The van der Waals surface area contributed by atoms with Crippen molar-refractivity contribution >= 4 is 11.7 Å². The van der Waals surface area contributed by atoms with Crippen LogP contribution in [0.4, 0.5) is 5.82 Å². The van der Waals surface area contributed by atoms with E-state index in [1.165, 1.54) is 0 Å². The predicted octanol–water partition coefficient (Wildman–Crippen LogP) is 3.77. The fourth-order valence-electron chi connectivity index (χ4n) is 2.53. The molecule has 0 atom stereocenters. The van der Waals surface area contributed by atoms with Crippen LogP contribution < -0.4 is 14.8 Å². The van der Waals surface area contributed by atoms with Crippen molar-refractivity contribution in [2.75, 3.05) is 18.5 Å². The zero-order chi connectivity index (χ0) is 19.2. The highest BCUT2D eigenvalue weighted by Gasteiger charge is 2.16. The molecule has 27 heavy (non-hydrogen) atoms. The molecule has 7 nitrogen and oxygen atoms in total. The molecular formula is C20H21N3O4. The Morgan fingerprint density at radius 2 is 1.85 bits per heavy atom. The Morgan fingerprint density at radius 3 is 2.59 bits per heavy atom. The molecule has 0 saturated carbocycles. The van der Waals surface area contributed by atoms with Gasteiger partial charge in [0.25, 0.3) is 5.91 Å². The van der Waals surface area contributed by atoms with E-state index in [1.807, 2.05) is 63.2 Å². The average molecular weight is 367 g/mol. The summed E-state index contributed by atoms with van der Waals surface area (Å²) in [5, 5.41) is 10.3. The molecule has 0 fully saturated rings. The summed E-state index contributed by atoms with van der Waals surface area (Å²) >= 11 is 0. The lowest BCUT2D eigenvalue weighted by Crippen LogP contribution is -2.21. The molecule has 1 N–H and O–H groups in total. The van der Waals surface area contributed by atoms with Crippen molar-refractivity contribution in [1.29, 1.82) is 0 Å². The second-order valence-electron chi connectivity index (χ2n) is 5.95. The molecule has 3 rings (SSSR count). The van der Waals surface area contributed by atoms with Crippen molar-refractivity contribution in [1.82, 2.24) is 10.3 Å². The molecule has 0 aliphatic rings. The minimum Gasteiger partial charge on any atom is -0.494 e. The van der Waals surface area contributed by atoms with Gasteiger partial charge in [0.15, 0.2) is 12.3 Å². The molecule has 1 amide bonds. The zero-order valence-corrected chi connectivity index (χ0v) is 15.5. The first-order valence-electron chi connectivity index (χ1n) is 8.63.